The van der Waals surface area contributed by atoms with E-state index in [-0.39, 0.29) is 18.0 Å². The molecule has 0 unspecified atom stereocenters. The second-order valence-electron chi connectivity index (χ2n) is 6.52. The van der Waals surface area contributed by atoms with E-state index in [1.54, 1.807) is 23.3 Å². The summed E-state index contributed by atoms with van der Waals surface area (Å²) in [5.74, 6) is -0.123. The van der Waals surface area contributed by atoms with Crippen molar-refractivity contribution in [2.24, 2.45) is 0 Å². The molecule has 0 bridgehead atoms. The number of halogens is 1. The van der Waals surface area contributed by atoms with Crippen molar-refractivity contribution in [2.45, 2.75) is 38.8 Å². The second-order valence-corrected chi connectivity index (χ2v) is 9.41. The predicted octanol–water partition coefficient (Wildman–Crippen LogP) is 3.71. The number of hydrogen-bond acceptors (Lipinski definition) is 5. The quantitative estimate of drug-likeness (QED) is 0.662. The molecule has 0 N–H and O–H groups in total. The Hall–Kier alpha value is -1.70. The Morgan fingerprint density at radius 3 is 2.88 bits per heavy atom. The molecule has 1 amide bonds. The molecule has 3 aromatic rings. The average molecular weight is 408 g/mol. The van der Waals surface area contributed by atoms with Gasteiger partial charge in [-0.25, -0.2) is 4.98 Å². The maximum Gasteiger partial charge on any atom is 0.262 e. The van der Waals surface area contributed by atoms with E-state index < -0.39 is 0 Å². The van der Waals surface area contributed by atoms with E-state index in [0.29, 0.717) is 16.3 Å². The van der Waals surface area contributed by atoms with Crippen LogP contribution in [0.15, 0.2) is 23.3 Å². The molecular formula is C18H18ClN3O2S2. The van der Waals surface area contributed by atoms with Crippen molar-refractivity contribution in [1.29, 1.82) is 0 Å². The average Bonchev–Trinajstić information content (AvgIpc) is 3.20. The highest BCUT2D eigenvalue weighted by Crippen LogP contribution is 2.33. The van der Waals surface area contributed by atoms with Gasteiger partial charge >= 0.3 is 0 Å². The molecule has 1 aliphatic rings. The van der Waals surface area contributed by atoms with E-state index in [2.05, 4.69) is 4.98 Å². The Labute approximate surface area is 163 Å². The number of rotatable bonds is 4. The van der Waals surface area contributed by atoms with E-state index in [9.17, 15) is 9.59 Å². The fourth-order valence-electron chi connectivity index (χ4n) is 3.32. The van der Waals surface area contributed by atoms with E-state index in [1.165, 1.54) is 33.5 Å². The number of fused-ring (bicyclic) bond motifs is 3. The lowest BCUT2D eigenvalue weighted by Crippen LogP contribution is -2.33. The molecule has 0 aliphatic heterocycles. The molecule has 0 radical (unpaired) electrons. The van der Waals surface area contributed by atoms with E-state index >= 15 is 0 Å². The molecule has 0 spiro atoms. The Kier molecular flexibility index (Phi) is 4.86. The summed E-state index contributed by atoms with van der Waals surface area (Å²) in [7, 11) is 1.74. The van der Waals surface area contributed by atoms with Crippen LogP contribution in [0.25, 0.3) is 10.2 Å². The molecule has 136 valence electrons. The largest absolute Gasteiger partial charge is 0.339 e. The minimum Gasteiger partial charge on any atom is -0.339 e. The lowest BCUT2D eigenvalue weighted by Gasteiger charge is -2.17. The van der Waals surface area contributed by atoms with Gasteiger partial charge in [0.25, 0.3) is 5.56 Å². The number of hydrogen-bond donors (Lipinski definition) is 0. The van der Waals surface area contributed by atoms with Crippen LogP contribution in [0.3, 0.4) is 0 Å². The van der Waals surface area contributed by atoms with E-state index in [0.717, 1.165) is 34.5 Å². The van der Waals surface area contributed by atoms with Gasteiger partial charge in [-0.1, -0.05) is 11.6 Å². The first-order valence-corrected chi connectivity index (χ1v) is 10.5. The van der Waals surface area contributed by atoms with Gasteiger partial charge in [-0.2, -0.15) is 0 Å². The first kappa shape index (κ1) is 17.7. The maximum atomic E-state index is 12.9. The Bertz CT molecular complexity index is 1040. The number of carbonyl (C=O) groups excluding carboxylic acids is 1. The second kappa shape index (κ2) is 7.13. The SMILES string of the molecule is CN(Cc1ccc(Cl)s1)C(=O)Cn1cnc2sc3c(c2c1=O)CCCC3. The van der Waals surface area contributed by atoms with Gasteiger partial charge in [0.1, 0.15) is 11.4 Å². The van der Waals surface area contributed by atoms with Crippen LogP contribution in [0.4, 0.5) is 0 Å². The molecule has 0 fully saturated rings. The number of aryl methyl sites for hydroxylation is 2. The fraction of sp³-hybridized carbons (Fsp3) is 0.389. The topological polar surface area (TPSA) is 55.2 Å². The first-order chi connectivity index (χ1) is 12.5. The van der Waals surface area contributed by atoms with E-state index in [4.69, 9.17) is 11.6 Å². The number of likely N-dealkylation sites (N-methyl/N-ethyl adjacent to an activating group) is 1. The van der Waals surface area contributed by atoms with Crippen LogP contribution in [-0.2, 0) is 30.7 Å². The van der Waals surface area contributed by atoms with Crippen LogP contribution in [0.1, 0.15) is 28.2 Å². The molecule has 4 rings (SSSR count). The summed E-state index contributed by atoms with van der Waals surface area (Å²) in [6, 6.07) is 3.73. The maximum absolute atomic E-state index is 12.9. The van der Waals surface area contributed by atoms with Crippen molar-refractivity contribution in [3.05, 3.63) is 48.5 Å². The predicted molar refractivity (Wildman–Crippen MR) is 106 cm³/mol. The van der Waals surface area contributed by atoms with Crippen LogP contribution in [-0.4, -0.2) is 27.4 Å². The van der Waals surface area contributed by atoms with Crippen LogP contribution in [0, 0.1) is 0 Å². The fourth-order valence-corrected chi connectivity index (χ4v) is 5.68. The summed E-state index contributed by atoms with van der Waals surface area (Å²) >= 11 is 9.01. The van der Waals surface area contributed by atoms with Gasteiger partial charge in [0.15, 0.2) is 0 Å². The number of amides is 1. The standard InChI is InChI=1S/C18H18ClN3O2S2/c1-21(8-11-6-7-14(19)25-11)15(23)9-22-10-20-17-16(18(22)24)12-4-2-3-5-13(12)26-17/h6-7,10H,2-5,8-9H2,1H3. The third kappa shape index (κ3) is 3.31. The molecule has 26 heavy (non-hydrogen) atoms. The molecular weight excluding hydrogens is 390 g/mol. The van der Waals surface area contributed by atoms with Crippen molar-refractivity contribution < 1.29 is 4.79 Å². The van der Waals surface area contributed by atoms with Crippen LogP contribution in [0.2, 0.25) is 4.34 Å². The van der Waals surface area contributed by atoms with Gasteiger partial charge in [-0.3, -0.25) is 14.2 Å². The highest BCUT2D eigenvalue weighted by molar-refractivity contribution is 7.18. The minimum absolute atomic E-state index is 0.00198. The summed E-state index contributed by atoms with van der Waals surface area (Å²) in [6.45, 7) is 0.483. The third-order valence-electron chi connectivity index (χ3n) is 4.70. The number of thiophene rings is 2. The Morgan fingerprint density at radius 1 is 1.31 bits per heavy atom. The molecule has 0 atom stereocenters. The molecule has 8 heteroatoms. The van der Waals surface area contributed by atoms with Crippen molar-refractivity contribution >= 4 is 50.4 Å². The van der Waals surface area contributed by atoms with Gasteiger partial charge in [-0.15, -0.1) is 22.7 Å². The zero-order valence-corrected chi connectivity index (χ0v) is 16.7. The highest BCUT2D eigenvalue weighted by Gasteiger charge is 2.21. The van der Waals surface area contributed by atoms with Crippen molar-refractivity contribution in [3.63, 3.8) is 0 Å². The van der Waals surface area contributed by atoms with Crippen LogP contribution in [0.5, 0.6) is 0 Å². The molecule has 3 aromatic heterocycles. The summed E-state index contributed by atoms with van der Waals surface area (Å²) in [5.41, 5.74) is 1.05. The third-order valence-corrected chi connectivity index (χ3v) is 7.11. The smallest absolute Gasteiger partial charge is 0.262 e. The summed E-state index contributed by atoms with van der Waals surface area (Å²) in [4.78, 5) is 34.6. The zero-order valence-electron chi connectivity index (χ0n) is 14.3. The molecule has 0 saturated heterocycles. The Balaban J connectivity index is 1.57. The van der Waals surface area contributed by atoms with Crippen LogP contribution < -0.4 is 5.56 Å². The van der Waals surface area contributed by atoms with Crippen molar-refractivity contribution in [2.75, 3.05) is 7.05 Å². The van der Waals surface area contributed by atoms with Crippen molar-refractivity contribution in [3.8, 4) is 0 Å². The minimum atomic E-state index is -0.123. The van der Waals surface area contributed by atoms with Gasteiger partial charge < -0.3 is 4.90 Å². The monoisotopic (exact) mass is 407 g/mol. The Morgan fingerprint density at radius 2 is 2.12 bits per heavy atom. The normalized spacial score (nSPS) is 13.8. The lowest BCUT2D eigenvalue weighted by atomic mass is 9.97. The van der Waals surface area contributed by atoms with Crippen molar-refractivity contribution in [1.82, 2.24) is 14.5 Å². The van der Waals surface area contributed by atoms with Gasteiger partial charge in [0.05, 0.1) is 22.6 Å². The lowest BCUT2D eigenvalue weighted by molar-refractivity contribution is -0.131. The summed E-state index contributed by atoms with van der Waals surface area (Å²) in [6.07, 6.45) is 5.74. The number of aromatic nitrogens is 2. The van der Waals surface area contributed by atoms with Crippen LogP contribution >= 0.6 is 34.3 Å². The van der Waals surface area contributed by atoms with Gasteiger partial charge in [0.2, 0.25) is 5.91 Å². The zero-order chi connectivity index (χ0) is 18.3. The van der Waals surface area contributed by atoms with E-state index in [1.807, 2.05) is 12.1 Å². The number of carbonyl (C=O) groups is 1. The molecule has 0 aromatic carbocycles. The number of nitrogens with zero attached hydrogens (tertiary/aromatic N) is 3. The summed E-state index contributed by atoms with van der Waals surface area (Å²) in [5, 5.41) is 0.715. The molecule has 1 aliphatic carbocycles. The van der Waals surface area contributed by atoms with Gasteiger partial charge in [-0.05, 0) is 43.4 Å². The molecule has 0 saturated carbocycles. The van der Waals surface area contributed by atoms with Gasteiger partial charge in [0, 0.05) is 16.8 Å². The first-order valence-electron chi connectivity index (χ1n) is 8.51. The highest BCUT2D eigenvalue weighted by atomic mass is 35.5. The molecule has 5 nitrogen and oxygen atoms in total. The summed E-state index contributed by atoms with van der Waals surface area (Å²) < 4.78 is 2.14. The molecule has 3 heterocycles.